The summed E-state index contributed by atoms with van der Waals surface area (Å²) >= 11 is 0. The molecule has 1 aliphatic rings. The number of hydrogen-bond acceptors (Lipinski definition) is 2. The molecule has 1 fully saturated rings. The molecule has 1 aromatic rings. The van der Waals surface area contributed by atoms with Crippen molar-refractivity contribution >= 4 is 5.91 Å². The summed E-state index contributed by atoms with van der Waals surface area (Å²) in [7, 11) is 2.04. The molecule has 0 saturated carbocycles. The Labute approximate surface area is 109 Å². The lowest BCUT2D eigenvalue weighted by Gasteiger charge is -2.31. The molecule has 1 aromatic carbocycles. The van der Waals surface area contributed by atoms with E-state index in [1.165, 1.54) is 17.5 Å². The van der Waals surface area contributed by atoms with E-state index in [0.717, 1.165) is 19.4 Å². The summed E-state index contributed by atoms with van der Waals surface area (Å²) in [6.07, 6.45) is 3.35. The third-order valence-electron chi connectivity index (χ3n) is 3.62. The van der Waals surface area contributed by atoms with Crippen LogP contribution >= 0.6 is 0 Å². The Morgan fingerprint density at radius 1 is 1.44 bits per heavy atom. The topological polar surface area (TPSA) is 32.3 Å². The van der Waals surface area contributed by atoms with Crippen molar-refractivity contribution in [2.45, 2.75) is 38.8 Å². The van der Waals surface area contributed by atoms with Crippen LogP contribution < -0.4 is 5.32 Å². The lowest BCUT2D eigenvalue weighted by molar-refractivity contribution is -0.127. The van der Waals surface area contributed by atoms with E-state index < -0.39 is 0 Å². The summed E-state index contributed by atoms with van der Waals surface area (Å²) in [6, 6.07) is 8.33. The molecule has 1 unspecified atom stereocenters. The number of aryl methyl sites for hydroxylation is 1. The number of benzene rings is 1. The lowest BCUT2D eigenvalue weighted by atomic mass is 10.0. The SMILES string of the molecule is Cc1cccc(CNC(=O)C2CCCCN2C)c1. The zero-order valence-electron chi connectivity index (χ0n) is 11.3. The summed E-state index contributed by atoms with van der Waals surface area (Å²) in [5.74, 6) is 0.165. The van der Waals surface area contributed by atoms with Crippen molar-refractivity contribution < 1.29 is 4.79 Å². The monoisotopic (exact) mass is 246 g/mol. The van der Waals surface area contributed by atoms with E-state index in [1.54, 1.807) is 0 Å². The molecule has 3 heteroatoms. The van der Waals surface area contributed by atoms with Crippen LogP contribution in [0.3, 0.4) is 0 Å². The summed E-state index contributed by atoms with van der Waals surface area (Å²) in [5, 5.41) is 3.05. The van der Waals surface area contributed by atoms with Gasteiger partial charge < -0.3 is 5.32 Å². The molecule has 0 spiro atoms. The first-order valence-corrected chi connectivity index (χ1v) is 6.70. The maximum atomic E-state index is 12.1. The Morgan fingerprint density at radius 3 is 3.00 bits per heavy atom. The van der Waals surface area contributed by atoms with E-state index in [1.807, 2.05) is 13.1 Å². The van der Waals surface area contributed by atoms with Gasteiger partial charge in [0.25, 0.3) is 0 Å². The molecular formula is C15H22N2O. The summed E-state index contributed by atoms with van der Waals surface area (Å²) in [5.41, 5.74) is 2.40. The van der Waals surface area contributed by atoms with E-state index in [-0.39, 0.29) is 11.9 Å². The van der Waals surface area contributed by atoms with Crippen LogP contribution in [0.2, 0.25) is 0 Å². The lowest BCUT2D eigenvalue weighted by Crippen LogP contribution is -2.47. The predicted molar refractivity (Wildman–Crippen MR) is 73.3 cm³/mol. The van der Waals surface area contributed by atoms with Crippen molar-refractivity contribution in [3.63, 3.8) is 0 Å². The maximum Gasteiger partial charge on any atom is 0.237 e. The quantitative estimate of drug-likeness (QED) is 0.885. The van der Waals surface area contributed by atoms with Gasteiger partial charge in [0.2, 0.25) is 5.91 Å². The number of likely N-dealkylation sites (N-methyl/N-ethyl adjacent to an activating group) is 1. The minimum Gasteiger partial charge on any atom is -0.351 e. The third kappa shape index (κ3) is 3.33. The number of nitrogens with one attached hydrogen (secondary N) is 1. The molecule has 1 atom stereocenters. The molecule has 0 radical (unpaired) electrons. The average Bonchev–Trinajstić information content (AvgIpc) is 2.37. The van der Waals surface area contributed by atoms with Crippen LogP contribution in [0.5, 0.6) is 0 Å². The summed E-state index contributed by atoms with van der Waals surface area (Å²) in [4.78, 5) is 14.3. The number of hydrogen-bond donors (Lipinski definition) is 1. The van der Waals surface area contributed by atoms with Gasteiger partial charge in [-0.1, -0.05) is 36.2 Å². The number of amides is 1. The Bertz CT molecular complexity index is 417. The van der Waals surface area contributed by atoms with E-state index >= 15 is 0 Å². The second kappa shape index (κ2) is 6.01. The van der Waals surface area contributed by atoms with Gasteiger partial charge in [-0.05, 0) is 38.9 Å². The summed E-state index contributed by atoms with van der Waals surface area (Å²) in [6.45, 7) is 3.73. The molecule has 0 bridgehead atoms. The number of likely N-dealkylation sites (tertiary alicyclic amines) is 1. The fraction of sp³-hybridized carbons (Fsp3) is 0.533. The first kappa shape index (κ1) is 13.1. The highest BCUT2D eigenvalue weighted by Crippen LogP contribution is 2.15. The number of nitrogens with zero attached hydrogens (tertiary/aromatic N) is 1. The molecule has 98 valence electrons. The Morgan fingerprint density at radius 2 is 2.28 bits per heavy atom. The van der Waals surface area contributed by atoms with Gasteiger partial charge in [-0.15, -0.1) is 0 Å². The first-order chi connectivity index (χ1) is 8.66. The molecule has 0 aliphatic carbocycles. The zero-order chi connectivity index (χ0) is 13.0. The van der Waals surface area contributed by atoms with Crippen molar-refractivity contribution in [3.05, 3.63) is 35.4 Å². The van der Waals surface area contributed by atoms with E-state index in [9.17, 15) is 4.79 Å². The molecule has 18 heavy (non-hydrogen) atoms. The highest BCUT2D eigenvalue weighted by molar-refractivity contribution is 5.81. The molecule has 1 N–H and O–H groups in total. The third-order valence-corrected chi connectivity index (χ3v) is 3.62. The molecule has 1 aliphatic heterocycles. The molecule has 2 rings (SSSR count). The molecule has 1 amide bonds. The van der Waals surface area contributed by atoms with Gasteiger partial charge in [-0.25, -0.2) is 0 Å². The van der Waals surface area contributed by atoms with Crippen molar-refractivity contribution in [2.24, 2.45) is 0 Å². The standard InChI is InChI=1S/C15H22N2O/c1-12-6-5-7-13(10-12)11-16-15(18)14-8-3-4-9-17(14)2/h5-7,10,14H,3-4,8-9,11H2,1-2H3,(H,16,18). The number of piperidine rings is 1. The van der Waals surface area contributed by atoms with E-state index in [0.29, 0.717) is 6.54 Å². The van der Waals surface area contributed by atoms with Crippen LogP contribution in [0.25, 0.3) is 0 Å². The Kier molecular flexibility index (Phi) is 4.37. The van der Waals surface area contributed by atoms with Crippen molar-refractivity contribution in [3.8, 4) is 0 Å². The normalized spacial score (nSPS) is 20.7. The zero-order valence-corrected chi connectivity index (χ0v) is 11.3. The minimum absolute atomic E-state index is 0.0589. The van der Waals surface area contributed by atoms with Gasteiger partial charge in [-0.2, -0.15) is 0 Å². The number of carbonyl (C=O) groups excluding carboxylic acids is 1. The second-order valence-corrected chi connectivity index (χ2v) is 5.20. The van der Waals surface area contributed by atoms with Crippen LogP contribution in [0.4, 0.5) is 0 Å². The Hall–Kier alpha value is -1.35. The molecule has 1 heterocycles. The number of rotatable bonds is 3. The molecule has 1 saturated heterocycles. The summed E-state index contributed by atoms with van der Waals surface area (Å²) < 4.78 is 0. The molecule has 0 aromatic heterocycles. The van der Waals surface area contributed by atoms with Gasteiger partial charge in [0.05, 0.1) is 6.04 Å². The van der Waals surface area contributed by atoms with Crippen LogP contribution in [0.1, 0.15) is 30.4 Å². The van der Waals surface area contributed by atoms with Gasteiger partial charge in [-0.3, -0.25) is 9.69 Å². The van der Waals surface area contributed by atoms with Gasteiger partial charge in [0.15, 0.2) is 0 Å². The first-order valence-electron chi connectivity index (χ1n) is 6.70. The Balaban J connectivity index is 1.88. The highest BCUT2D eigenvalue weighted by atomic mass is 16.2. The fourth-order valence-electron chi connectivity index (χ4n) is 2.54. The van der Waals surface area contributed by atoms with Gasteiger partial charge in [0.1, 0.15) is 0 Å². The number of carbonyl (C=O) groups is 1. The van der Waals surface area contributed by atoms with Crippen LogP contribution in [0.15, 0.2) is 24.3 Å². The van der Waals surface area contributed by atoms with Crippen molar-refractivity contribution in [1.82, 2.24) is 10.2 Å². The van der Waals surface area contributed by atoms with E-state index in [2.05, 4.69) is 35.3 Å². The maximum absolute atomic E-state index is 12.1. The average molecular weight is 246 g/mol. The van der Waals surface area contributed by atoms with Crippen molar-refractivity contribution in [2.75, 3.05) is 13.6 Å². The molecular weight excluding hydrogens is 224 g/mol. The minimum atomic E-state index is 0.0589. The second-order valence-electron chi connectivity index (χ2n) is 5.20. The van der Waals surface area contributed by atoms with Gasteiger partial charge in [0, 0.05) is 6.54 Å². The largest absolute Gasteiger partial charge is 0.351 e. The van der Waals surface area contributed by atoms with E-state index in [4.69, 9.17) is 0 Å². The predicted octanol–water partition coefficient (Wildman–Crippen LogP) is 2.10. The van der Waals surface area contributed by atoms with Gasteiger partial charge >= 0.3 is 0 Å². The van der Waals surface area contributed by atoms with Crippen LogP contribution in [-0.2, 0) is 11.3 Å². The smallest absolute Gasteiger partial charge is 0.237 e. The fourth-order valence-corrected chi connectivity index (χ4v) is 2.54. The van der Waals surface area contributed by atoms with Crippen molar-refractivity contribution in [1.29, 1.82) is 0 Å². The molecule has 3 nitrogen and oxygen atoms in total. The highest BCUT2D eigenvalue weighted by Gasteiger charge is 2.25. The van der Waals surface area contributed by atoms with Crippen LogP contribution in [-0.4, -0.2) is 30.4 Å². The van der Waals surface area contributed by atoms with Crippen LogP contribution in [0, 0.1) is 6.92 Å².